The number of pyridine rings is 1. The predicted octanol–water partition coefficient (Wildman–Crippen LogP) is 6.71. The lowest BCUT2D eigenvalue weighted by Crippen LogP contribution is -2.52. The highest BCUT2D eigenvalue weighted by Crippen LogP contribution is 2.36. The largest absolute Gasteiger partial charge is 0.619 e. The van der Waals surface area contributed by atoms with E-state index >= 15 is 4.39 Å². The normalized spacial score (nSPS) is 19.3. The van der Waals surface area contributed by atoms with E-state index in [4.69, 9.17) is 42.1 Å². The quantitative estimate of drug-likeness (QED) is 0.0968. The number of nitrogens with zero attached hydrogens (tertiary/aromatic N) is 2. The fourth-order valence-corrected chi connectivity index (χ4v) is 7.09. The van der Waals surface area contributed by atoms with Gasteiger partial charge in [-0.1, -0.05) is 47.5 Å². The summed E-state index contributed by atoms with van der Waals surface area (Å²) in [7, 11) is 3.00. The Balaban J connectivity index is 1.22. The molecule has 0 saturated carbocycles. The molecule has 3 atom stereocenters. The number of halogens is 3. The summed E-state index contributed by atoms with van der Waals surface area (Å²) in [6, 6.07) is 16.3. The second-order valence-electron chi connectivity index (χ2n) is 12.3. The van der Waals surface area contributed by atoms with E-state index in [0.29, 0.717) is 39.6 Å². The van der Waals surface area contributed by atoms with Crippen LogP contribution in [0.2, 0.25) is 10.0 Å². The molecule has 4 aromatic rings. The first-order valence-electron chi connectivity index (χ1n) is 16.2. The van der Waals surface area contributed by atoms with E-state index in [1.165, 1.54) is 44.8 Å². The first-order valence-corrected chi connectivity index (χ1v) is 16.9. The molecule has 10 nitrogen and oxygen atoms in total. The van der Waals surface area contributed by atoms with Gasteiger partial charge in [0.15, 0.2) is 29.9 Å². The minimum Gasteiger partial charge on any atom is -0.619 e. The van der Waals surface area contributed by atoms with Crippen molar-refractivity contribution in [2.75, 3.05) is 39.2 Å². The summed E-state index contributed by atoms with van der Waals surface area (Å²) >= 11 is 12.8. The number of piperidine rings is 3. The fourth-order valence-electron chi connectivity index (χ4n) is 6.49. The van der Waals surface area contributed by atoms with Crippen LogP contribution in [0.5, 0.6) is 11.5 Å². The van der Waals surface area contributed by atoms with Gasteiger partial charge >= 0.3 is 11.9 Å². The molecule has 1 aromatic heterocycles. The van der Waals surface area contributed by atoms with E-state index in [0.717, 1.165) is 25.9 Å². The molecule has 1 N–H and O–H groups in total. The third-order valence-electron chi connectivity index (χ3n) is 9.22. The van der Waals surface area contributed by atoms with E-state index in [2.05, 4.69) is 10.2 Å². The van der Waals surface area contributed by atoms with E-state index in [-0.39, 0.29) is 39.6 Å². The van der Waals surface area contributed by atoms with E-state index < -0.39 is 29.9 Å². The number of nitrogens with one attached hydrogen (secondary N) is 1. The van der Waals surface area contributed by atoms with Gasteiger partial charge < -0.3 is 29.5 Å². The summed E-state index contributed by atoms with van der Waals surface area (Å²) in [5.41, 5.74) is 1.80. The van der Waals surface area contributed by atoms with Crippen molar-refractivity contribution in [1.29, 1.82) is 0 Å². The van der Waals surface area contributed by atoms with E-state index in [1.54, 1.807) is 48.5 Å². The number of carbonyl (C=O) groups is 2. The van der Waals surface area contributed by atoms with Gasteiger partial charge in [0.1, 0.15) is 28.1 Å². The molecule has 3 saturated heterocycles. The highest BCUT2D eigenvalue weighted by atomic mass is 35.5. The van der Waals surface area contributed by atoms with Crippen molar-refractivity contribution in [3.63, 3.8) is 0 Å². The van der Waals surface area contributed by atoms with Crippen molar-refractivity contribution >= 4 is 40.8 Å². The molecular weight excluding hydrogens is 688 g/mol. The van der Waals surface area contributed by atoms with Crippen molar-refractivity contribution in [3.8, 4) is 11.5 Å². The van der Waals surface area contributed by atoms with Crippen LogP contribution in [0.1, 0.15) is 52.0 Å². The van der Waals surface area contributed by atoms with Crippen LogP contribution in [0.3, 0.4) is 0 Å². The number of esters is 2. The number of anilines is 1. The number of ether oxygens (including phenoxy) is 4. The number of hydrogen-bond donors (Lipinski definition) is 1. The van der Waals surface area contributed by atoms with Gasteiger partial charge in [-0.2, -0.15) is 4.73 Å². The fraction of sp³-hybridized carbons (Fsp3) is 0.324. The molecule has 262 valence electrons. The average Bonchev–Trinajstić information content (AvgIpc) is 3.12. The summed E-state index contributed by atoms with van der Waals surface area (Å²) in [5.74, 6) is -0.590. The summed E-state index contributed by atoms with van der Waals surface area (Å²) in [6.07, 6.45) is 3.17. The molecule has 50 heavy (non-hydrogen) atoms. The molecule has 0 radical (unpaired) electrons. The maximum atomic E-state index is 15.0. The molecule has 4 heterocycles. The Labute approximate surface area is 299 Å². The SMILES string of the molecule is COc1ccc(C(Cc2c(Cl)c[n+]([O-])cc2Cl)OC(=O)c2ccc(NC(C(=O)O[C@H]3CN4CCC3CC4)c3ccccc3F)cc2)cc1OC. The molecule has 2 bridgehead atoms. The monoisotopic (exact) mass is 723 g/mol. The summed E-state index contributed by atoms with van der Waals surface area (Å²) < 4.78 is 38.3. The number of carbonyl (C=O) groups excluding carboxylic acids is 2. The van der Waals surface area contributed by atoms with Gasteiger partial charge in [0.05, 0.1) is 19.8 Å². The van der Waals surface area contributed by atoms with Crippen LogP contribution < -0.4 is 19.5 Å². The topological polar surface area (TPSA) is 113 Å². The molecule has 3 aromatic carbocycles. The third-order valence-corrected chi connectivity index (χ3v) is 9.87. The van der Waals surface area contributed by atoms with Crippen molar-refractivity contribution < 1.29 is 37.7 Å². The zero-order valence-corrected chi connectivity index (χ0v) is 29.0. The average molecular weight is 725 g/mol. The molecule has 7 rings (SSSR count). The highest BCUT2D eigenvalue weighted by molar-refractivity contribution is 6.35. The van der Waals surface area contributed by atoms with Gasteiger partial charge in [0.2, 0.25) is 0 Å². The highest BCUT2D eigenvalue weighted by Gasteiger charge is 2.38. The van der Waals surface area contributed by atoms with Crippen molar-refractivity contribution in [3.05, 3.63) is 122 Å². The van der Waals surface area contributed by atoms with E-state index in [9.17, 15) is 14.8 Å². The van der Waals surface area contributed by atoms with E-state index in [1.807, 2.05) is 0 Å². The molecule has 3 aliphatic heterocycles. The maximum Gasteiger partial charge on any atom is 0.338 e. The molecule has 0 spiro atoms. The van der Waals surface area contributed by atoms with Gasteiger partial charge in [0, 0.05) is 29.8 Å². The van der Waals surface area contributed by atoms with Gasteiger partial charge in [-0.15, -0.1) is 0 Å². The first-order chi connectivity index (χ1) is 24.1. The van der Waals surface area contributed by atoms with Crippen molar-refractivity contribution in [2.24, 2.45) is 5.92 Å². The number of benzene rings is 3. The summed E-state index contributed by atoms with van der Waals surface area (Å²) in [6.45, 7) is 2.66. The summed E-state index contributed by atoms with van der Waals surface area (Å²) in [5, 5.41) is 15.2. The van der Waals surface area contributed by atoms with Crippen LogP contribution in [0.25, 0.3) is 0 Å². The molecular formula is C37H36Cl2FN3O7. The van der Waals surface area contributed by atoms with Crippen molar-refractivity contribution in [1.82, 2.24) is 4.90 Å². The Morgan fingerprint density at radius 2 is 1.66 bits per heavy atom. The zero-order chi connectivity index (χ0) is 35.4. The van der Waals surface area contributed by atoms with Gasteiger partial charge in [0.25, 0.3) is 0 Å². The smallest absolute Gasteiger partial charge is 0.338 e. The molecule has 0 aliphatic carbocycles. The van der Waals surface area contributed by atoms with Crippen LogP contribution in [-0.4, -0.2) is 56.8 Å². The lowest BCUT2D eigenvalue weighted by Gasteiger charge is -2.44. The number of methoxy groups -OCH3 is 2. The first kappa shape index (κ1) is 35.3. The molecule has 2 unspecified atom stereocenters. The minimum absolute atomic E-state index is 0.0470. The third kappa shape index (κ3) is 7.90. The second kappa shape index (κ2) is 15.5. The molecule has 3 aliphatic rings. The predicted molar refractivity (Wildman–Crippen MR) is 185 cm³/mol. The zero-order valence-electron chi connectivity index (χ0n) is 27.4. The Morgan fingerprint density at radius 3 is 2.28 bits per heavy atom. The molecule has 13 heteroatoms. The van der Waals surface area contributed by atoms with Gasteiger partial charge in [-0.25, -0.2) is 14.0 Å². The van der Waals surface area contributed by atoms with Crippen molar-refractivity contribution in [2.45, 2.75) is 37.5 Å². The van der Waals surface area contributed by atoms with Crippen LogP contribution in [-0.2, 0) is 20.7 Å². The second-order valence-corrected chi connectivity index (χ2v) is 13.1. The Bertz CT molecular complexity index is 1830. The lowest BCUT2D eigenvalue weighted by atomic mass is 9.86. The van der Waals surface area contributed by atoms with Gasteiger partial charge in [-0.3, -0.25) is 4.90 Å². The number of rotatable bonds is 12. The maximum absolute atomic E-state index is 15.0. The number of aromatic nitrogens is 1. The molecule has 0 amide bonds. The van der Waals surface area contributed by atoms with Gasteiger partial charge in [-0.05, 0) is 79.9 Å². The van der Waals surface area contributed by atoms with Crippen LogP contribution in [0.15, 0.2) is 79.1 Å². The van der Waals surface area contributed by atoms with Crippen LogP contribution in [0.4, 0.5) is 10.1 Å². The Kier molecular flexibility index (Phi) is 11.0. The Hall–Kier alpha value is -4.58. The molecule has 3 fully saturated rings. The Morgan fingerprint density at radius 1 is 0.980 bits per heavy atom. The standard InChI is InChI=1S/C37H36Cl2FN3O7/c1-47-31-12-9-24(17-33(31)48-2)32(18-27-28(38)19-43(46)20-29(27)39)49-36(44)23-7-10-25(11-8-23)41-35(26-5-3-4-6-30(26)40)37(45)50-34-21-42-15-13-22(34)14-16-42/h3-12,17,19-20,22,32,34-35,41H,13-16,18,21H2,1-2H3/t32?,34-,35?/m0/s1. The number of fused-ring (bicyclic) bond motifs is 3. The number of hydrogen-bond acceptors (Lipinski definition) is 9. The van der Waals surface area contributed by atoms with Crippen LogP contribution >= 0.6 is 23.2 Å². The summed E-state index contributed by atoms with van der Waals surface area (Å²) in [4.78, 5) is 29.4. The minimum atomic E-state index is -1.12. The van der Waals surface area contributed by atoms with Crippen LogP contribution in [0, 0.1) is 16.9 Å². The lowest BCUT2D eigenvalue weighted by molar-refractivity contribution is -0.605.